The summed E-state index contributed by atoms with van der Waals surface area (Å²) in [6.07, 6.45) is -0.298. The maximum Gasteiger partial charge on any atom is 0.344 e. The van der Waals surface area contributed by atoms with Crippen molar-refractivity contribution in [2.75, 3.05) is 0 Å². The fourth-order valence-corrected chi connectivity index (χ4v) is 1.30. The third-order valence-corrected chi connectivity index (χ3v) is 2.26. The van der Waals surface area contributed by atoms with E-state index in [2.05, 4.69) is 0 Å². The van der Waals surface area contributed by atoms with Crippen molar-refractivity contribution in [3.63, 3.8) is 0 Å². The fraction of sp³-hybridized carbons (Fsp3) is 0.417. The van der Waals surface area contributed by atoms with Crippen LogP contribution in [0.5, 0.6) is 5.75 Å². The Labute approximate surface area is 89.7 Å². The summed E-state index contributed by atoms with van der Waals surface area (Å²) in [5.74, 6) is -0.261. The fourth-order valence-electron chi connectivity index (χ4n) is 1.30. The number of ether oxygens (including phenoxy) is 1. The second kappa shape index (κ2) is 4.82. The Bertz CT molecular complexity index is 358. The van der Waals surface area contributed by atoms with E-state index in [4.69, 9.17) is 9.84 Å². The molecule has 0 radical (unpaired) electrons. The number of aryl methyl sites for hydroxylation is 2. The number of carboxylic acids is 1. The van der Waals surface area contributed by atoms with Crippen molar-refractivity contribution in [3.05, 3.63) is 29.3 Å². The van der Waals surface area contributed by atoms with Crippen molar-refractivity contribution in [1.82, 2.24) is 0 Å². The topological polar surface area (TPSA) is 46.5 Å². The van der Waals surface area contributed by atoms with Gasteiger partial charge in [0.2, 0.25) is 0 Å². The molecule has 0 amide bonds. The van der Waals surface area contributed by atoms with E-state index in [1.165, 1.54) is 0 Å². The molecule has 1 aromatic rings. The van der Waals surface area contributed by atoms with Gasteiger partial charge in [0.1, 0.15) is 5.75 Å². The second-order valence-electron chi connectivity index (χ2n) is 3.62. The van der Waals surface area contributed by atoms with Crippen LogP contribution in [-0.2, 0) is 4.79 Å². The number of rotatable bonds is 4. The van der Waals surface area contributed by atoms with Crippen molar-refractivity contribution >= 4 is 5.97 Å². The average Bonchev–Trinajstić information content (AvgIpc) is 2.18. The molecule has 0 spiro atoms. The van der Waals surface area contributed by atoms with Crippen LogP contribution in [0.2, 0.25) is 0 Å². The zero-order chi connectivity index (χ0) is 11.4. The van der Waals surface area contributed by atoms with E-state index in [0.29, 0.717) is 12.2 Å². The first-order valence-corrected chi connectivity index (χ1v) is 5.01. The van der Waals surface area contributed by atoms with Crippen molar-refractivity contribution in [2.24, 2.45) is 0 Å². The molecule has 82 valence electrons. The molecule has 0 aliphatic rings. The normalized spacial score (nSPS) is 12.2. The maximum absolute atomic E-state index is 10.8. The van der Waals surface area contributed by atoms with Crippen molar-refractivity contribution in [2.45, 2.75) is 33.3 Å². The lowest BCUT2D eigenvalue weighted by atomic mass is 10.1. The first-order valence-electron chi connectivity index (χ1n) is 5.01. The lowest BCUT2D eigenvalue weighted by Gasteiger charge is -2.15. The minimum absolute atomic E-state index is 0.461. The quantitative estimate of drug-likeness (QED) is 0.827. The summed E-state index contributed by atoms with van der Waals surface area (Å²) in [5.41, 5.74) is 2.02. The number of benzene rings is 1. The maximum atomic E-state index is 10.8. The number of carbonyl (C=O) groups is 1. The molecular formula is C12H16O3. The van der Waals surface area contributed by atoms with Gasteiger partial charge in [-0.05, 0) is 37.5 Å². The number of hydrogen-bond donors (Lipinski definition) is 1. The van der Waals surface area contributed by atoms with Gasteiger partial charge in [-0.3, -0.25) is 0 Å². The Morgan fingerprint density at radius 2 is 2.13 bits per heavy atom. The van der Waals surface area contributed by atoms with Gasteiger partial charge in [-0.2, -0.15) is 0 Å². The minimum atomic E-state index is -0.918. The van der Waals surface area contributed by atoms with E-state index in [1.54, 1.807) is 6.92 Å². The van der Waals surface area contributed by atoms with Gasteiger partial charge in [0.15, 0.2) is 6.10 Å². The van der Waals surface area contributed by atoms with Gasteiger partial charge in [-0.25, -0.2) is 4.79 Å². The van der Waals surface area contributed by atoms with Crippen LogP contribution in [0.15, 0.2) is 18.2 Å². The molecule has 0 fully saturated rings. The molecule has 0 aliphatic heterocycles. The Balaban J connectivity index is 2.87. The van der Waals surface area contributed by atoms with Gasteiger partial charge < -0.3 is 9.84 Å². The summed E-state index contributed by atoms with van der Waals surface area (Å²) in [7, 11) is 0. The van der Waals surface area contributed by atoms with Crippen LogP contribution >= 0.6 is 0 Å². The molecular weight excluding hydrogens is 192 g/mol. The van der Waals surface area contributed by atoms with Gasteiger partial charge in [-0.15, -0.1) is 0 Å². The largest absolute Gasteiger partial charge is 0.479 e. The molecule has 1 N–H and O–H groups in total. The Morgan fingerprint density at radius 1 is 1.47 bits per heavy atom. The predicted octanol–water partition coefficient (Wildman–Crippen LogP) is 2.55. The highest BCUT2D eigenvalue weighted by atomic mass is 16.5. The molecule has 0 unspecified atom stereocenters. The molecule has 15 heavy (non-hydrogen) atoms. The van der Waals surface area contributed by atoms with E-state index in [1.807, 2.05) is 32.0 Å². The molecule has 0 saturated carbocycles. The van der Waals surface area contributed by atoms with Crippen LogP contribution in [-0.4, -0.2) is 17.2 Å². The van der Waals surface area contributed by atoms with E-state index >= 15 is 0 Å². The van der Waals surface area contributed by atoms with Crippen molar-refractivity contribution in [3.8, 4) is 5.75 Å². The molecule has 0 bridgehead atoms. The molecule has 0 aromatic heterocycles. The highest BCUT2D eigenvalue weighted by Crippen LogP contribution is 2.21. The number of carboxylic acid groups (broad SMARTS) is 1. The smallest absolute Gasteiger partial charge is 0.344 e. The third kappa shape index (κ3) is 2.98. The Hall–Kier alpha value is -1.51. The molecule has 0 heterocycles. The summed E-state index contributed by atoms with van der Waals surface area (Å²) >= 11 is 0. The highest BCUT2D eigenvalue weighted by Gasteiger charge is 2.17. The summed E-state index contributed by atoms with van der Waals surface area (Å²) in [5, 5.41) is 8.87. The third-order valence-electron chi connectivity index (χ3n) is 2.26. The predicted molar refractivity (Wildman–Crippen MR) is 58.3 cm³/mol. The van der Waals surface area contributed by atoms with Gasteiger partial charge in [0, 0.05) is 0 Å². The van der Waals surface area contributed by atoms with Gasteiger partial charge in [-0.1, -0.05) is 19.1 Å². The highest BCUT2D eigenvalue weighted by molar-refractivity contribution is 5.72. The zero-order valence-electron chi connectivity index (χ0n) is 9.28. The van der Waals surface area contributed by atoms with Crippen LogP contribution in [0, 0.1) is 13.8 Å². The average molecular weight is 208 g/mol. The SMILES string of the molecule is CC[C@@H](Oc1cc(C)ccc1C)C(=O)O. The lowest BCUT2D eigenvalue weighted by Crippen LogP contribution is -2.26. The monoisotopic (exact) mass is 208 g/mol. The van der Waals surface area contributed by atoms with Crippen LogP contribution in [0.25, 0.3) is 0 Å². The standard InChI is InChI=1S/C12H16O3/c1-4-10(12(13)14)15-11-7-8(2)5-6-9(11)3/h5-7,10H,4H2,1-3H3,(H,13,14)/t10-/m1/s1. The summed E-state index contributed by atoms with van der Waals surface area (Å²) in [6.45, 7) is 5.65. The van der Waals surface area contributed by atoms with Gasteiger partial charge >= 0.3 is 5.97 Å². The number of hydrogen-bond acceptors (Lipinski definition) is 2. The Kier molecular flexibility index (Phi) is 3.72. The van der Waals surface area contributed by atoms with Crippen LogP contribution in [0.3, 0.4) is 0 Å². The first kappa shape index (κ1) is 11.6. The molecule has 1 aromatic carbocycles. The molecule has 0 saturated heterocycles. The van der Waals surface area contributed by atoms with Crippen molar-refractivity contribution < 1.29 is 14.6 Å². The second-order valence-corrected chi connectivity index (χ2v) is 3.62. The van der Waals surface area contributed by atoms with Crippen LogP contribution in [0.1, 0.15) is 24.5 Å². The van der Waals surface area contributed by atoms with E-state index < -0.39 is 12.1 Å². The van der Waals surface area contributed by atoms with Gasteiger partial charge in [0.25, 0.3) is 0 Å². The molecule has 1 rings (SSSR count). The molecule has 3 heteroatoms. The first-order chi connectivity index (χ1) is 7.04. The van der Waals surface area contributed by atoms with Crippen LogP contribution in [0.4, 0.5) is 0 Å². The van der Waals surface area contributed by atoms with E-state index in [0.717, 1.165) is 11.1 Å². The molecule has 3 nitrogen and oxygen atoms in total. The van der Waals surface area contributed by atoms with E-state index in [-0.39, 0.29) is 0 Å². The number of aliphatic carboxylic acids is 1. The van der Waals surface area contributed by atoms with E-state index in [9.17, 15) is 4.79 Å². The zero-order valence-corrected chi connectivity index (χ0v) is 9.28. The van der Waals surface area contributed by atoms with Crippen LogP contribution < -0.4 is 4.74 Å². The van der Waals surface area contributed by atoms with Gasteiger partial charge in [0.05, 0.1) is 0 Å². The summed E-state index contributed by atoms with van der Waals surface area (Å²) in [6, 6.07) is 5.77. The summed E-state index contributed by atoms with van der Waals surface area (Å²) < 4.78 is 5.44. The molecule has 1 atom stereocenters. The van der Waals surface area contributed by atoms with Crippen molar-refractivity contribution in [1.29, 1.82) is 0 Å². The summed E-state index contributed by atoms with van der Waals surface area (Å²) in [4.78, 5) is 10.8. The Morgan fingerprint density at radius 3 is 2.67 bits per heavy atom. The molecule has 0 aliphatic carbocycles. The lowest BCUT2D eigenvalue weighted by molar-refractivity contribution is -0.145. The minimum Gasteiger partial charge on any atom is -0.479 e.